The molecule has 0 spiro atoms. The molecule has 1 aliphatic carbocycles. The molecule has 0 atom stereocenters. The lowest BCUT2D eigenvalue weighted by molar-refractivity contribution is 0.267. The molecule has 1 fully saturated rings. The van der Waals surface area contributed by atoms with Crippen LogP contribution >= 0.6 is 0 Å². The lowest BCUT2D eigenvalue weighted by Gasteiger charge is -2.28. The molecule has 4 nitrogen and oxygen atoms in total. The molecule has 2 rings (SSSR count). The number of nitrogens with zero attached hydrogens (tertiary/aromatic N) is 2. The number of anilines is 1. The first kappa shape index (κ1) is 9.52. The number of rotatable bonds is 2. The summed E-state index contributed by atoms with van der Waals surface area (Å²) in [6.07, 6.45) is 6.51. The second-order valence-corrected chi connectivity index (χ2v) is 4.11. The molecule has 1 saturated carbocycles. The summed E-state index contributed by atoms with van der Waals surface area (Å²) in [5.74, 6) is 1.49. The Labute approximate surface area is 84.3 Å². The van der Waals surface area contributed by atoms with Crippen LogP contribution in [0.1, 0.15) is 31.7 Å². The molecule has 4 heteroatoms. The quantitative estimate of drug-likeness (QED) is 0.742. The predicted octanol–water partition coefficient (Wildman–Crippen LogP) is 1.16. The third-order valence-electron chi connectivity index (χ3n) is 3.20. The monoisotopic (exact) mass is 194 g/mol. The Kier molecular flexibility index (Phi) is 2.72. The van der Waals surface area contributed by atoms with E-state index in [0.29, 0.717) is 12.0 Å². The van der Waals surface area contributed by atoms with E-state index >= 15 is 0 Å². The average Bonchev–Trinajstić information content (AvgIpc) is 2.65. The van der Waals surface area contributed by atoms with E-state index in [1.807, 2.05) is 10.7 Å². The Bertz CT molecular complexity index is 286. The van der Waals surface area contributed by atoms with Gasteiger partial charge in [-0.15, -0.1) is 0 Å². The van der Waals surface area contributed by atoms with Crippen molar-refractivity contribution in [1.29, 1.82) is 0 Å². The molecule has 1 aliphatic rings. The third-order valence-corrected chi connectivity index (χ3v) is 3.20. The molecule has 14 heavy (non-hydrogen) atoms. The normalized spacial score (nSPS) is 27.8. The Hall–Kier alpha value is -1.03. The zero-order valence-corrected chi connectivity index (χ0v) is 8.39. The van der Waals surface area contributed by atoms with E-state index in [2.05, 4.69) is 5.10 Å². The molecule has 1 aromatic rings. The van der Waals surface area contributed by atoms with Crippen molar-refractivity contribution in [2.24, 2.45) is 11.7 Å². The van der Waals surface area contributed by atoms with E-state index in [1.165, 1.54) is 12.8 Å². The molecular formula is C10H18N4. The summed E-state index contributed by atoms with van der Waals surface area (Å²) in [6, 6.07) is 2.35. The Balaban J connectivity index is 1.99. The second kappa shape index (κ2) is 4.00. The summed E-state index contributed by atoms with van der Waals surface area (Å²) < 4.78 is 1.95. The van der Waals surface area contributed by atoms with Crippen molar-refractivity contribution in [2.45, 2.75) is 31.7 Å². The van der Waals surface area contributed by atoms with E-state index < -0.39 is 0 Å². The Morgan fingerprint density at radius 1 is 1.36 bits per heavy atom. The maximum Gasteiger partial charge on any atom is 0.121 e. The smallest absolute Gasteiger partial charge is 0.121 e. The van der Waals surface area contributed by atoms with E-state index in [-0.39, 0.29) is 0 Å². The van der Waals surface area contributed by atoms with E-state index in [9.17, 15) is 0 Å². The van der Waals surface area contributed by atoms with Crippen molar-refractivity contribution in [3.63, 3.8) is 0 Å². The molecule has 0 bridgehead atoms. The maximum absolute atomic E-state index is 5.81. The highest BCUT2D eigenvalue weighted by Gasteiger charge is 2.22. The second-order valence-electron chi connectivity index (χ2n) is 4.11. The molecule has 78 valence electrons. The van der Waals surface area contributed by atoms with Gasteiger partial charge in [-0.1, -0.05) is 0 Å². The van der Waals surface area contributed by atoms with Gasteiger partial charge in [0.15, 0.2) is 0 Å². The van der Waals surface area contributed by atoms with Gasteiger partial charge in [0, 0.05) is 0 Å². The predicted molar refractivity (Wildman–Crippen MR) is 56.7 cm³/mol. The van der Waals surface area contributed by atoms with E-state index in [1.54, 1.807) is 6.20 Å². The van der Waals surface area contributed by atoms with Crippen molar-refractivity contribution in [2.75, 3.05) is 12.3 Å². The SMILES string of the molecule is NCC1CCC(n2nccc2N)CC1. The largest absolute Gasteiger partial charge is 0.384 e. The first-order chi connectivity index (χ1) is 6.81. The zero-order valence-electron chi connectivity index (χ0n) is 8.39. The van der Waals surface area contributed by atoms with Gasteiger partial charge in [0.05, 0.1) is 12.2 Å². The molecule has 4 N–H and O–H groups in total. The van der Waals surface area contributed by atoms with Crippen LogP contribution in [0.2, 0.25) is 0 Å². The molecule has 0 aliphatic heterocycles. The van der Waals surface area contributed by atoms with Crippen LogP contribution < -0.4 is 11.5 Å². The molecule has 0 aromatic carbocycles. The highest BCUT2D eigenvalue weighted by Crippen LogP contribution is 2.32. The van der Waals surface area contributed by atoms with Crippen LogP contribution in [0.3, 0.4) is 0 Å². The summed E-state index contributed by atoms with van der Waals surface area (Å²) in [6.45, 7) is 0.821. The topological polar surface area (TPSA) is 69.9 Å². The van der Waals surface area contributed by atoms with Gasteiger partial charge in [-0.2, -0.15) is 5.10 Å². The van der Waals surface area contributed by atoms with Crippen molar-refractivity contribution in [1.82, 2.24) is 9.78 Å². The number of nitrogens with two attached hydrogens (primary N) is 2. The standard InChI is InChI=1S/C10H18N4/c11-7-8-1-3-9(4-2-8)14-10(12)5-6-13-14/h5-6,8-9H,1-4,7,11-12H2. The van der Waals surface area contributed by atoms with Crippen LogP contribution in [0, 0.1) is 5.92 Å². The van der Waals surface area contributed by atoms with Gasteiger partial charge in [-0.3, -0.25) is 0 Å². The van der Waals surface area contributed by atoms with Crippen LogP contribution in [0.25, 0.3) is 0 Å². The number of hydrogen-bond donors (Lipinski definition) is 2. The maximum atomic E-state index is 5.81. The minimum Gasteiger partial charge on any atom is -0.384 e. The number of hydrogen-bond acceptors (Lipinski definition) is 3. The van der Waals surface area contributed by atoms with Gasteiger partial charge in [0.2, 0.25) is 0 Å². The highest BCUT2D eigenvalue weighted by molar-refractivity contribution is 5.26. The summed E-state index contributed by atoms with van der Waals surface area (Å²) in [7, 11) is 0. The summed E-state index contributed by atoms with van der Waals surface area (Å²) in [5.41, 5.74) is 11.5. The first-order valence-corrected chi connectivity index (χ1v) is 5.30. The first-order valence-electron chi connectivity index (χ1n) is 5.30. The minimum absolute atomic E-state index is 0.493. The van der Waals surface area contributed by atoms with E-state index in [0.717, 1.165) is 25.2 Å². The van der Waals surface area contributed by atoms with E-state index in [4.69, 9.17) is 11.5 Å². The van der Waals surface area contributed by atoms with Crippen LogP contribution in [0.5, 0.6) is 0 Å². The van der Waals surface area contributed by atoms with Crippen LogP contribution in [0.4, 0.5) is 5.82 Å². The molecular weight excluding hydrogens is 176 g/mol. The van der Waals surface area contributed by atoms with Crippen LogP contribution in [0.15, 0.2) is 12.3 Å². The molecule has 0 saturated heterocycles. The molecule has 1 aromatic heterocycles. The average molecular weight is 194 g/mol. The zero-order chi connectivity index (χ0) is 9.97. The molecule has 0 radical (unpaired) electrons. The molecule has 0 unspecified atom stereocenters. The summed E-state index contributed by atoms with van der Waals surface area (Å²) >= 11 is 0. The fraction of sp³-hybridized carbons (Fsp3) is 0.700. The van der Waals surface area contributed by atoms with Crippen LogP contribution in [-0.2, 0) is 0 Å². The van der Waals surface area contributed by atoms with Gasteiger partial charge in [0.25, 0.3) is 0 Å². The molecule has 0 amide bonds. The van der Waals surface area contributed by atoms with Crippen molar-refractivity contribution >= 4 is 5.82 Å². The number of aromatic nitrogens is 2. The van der Waals surface area contributed by atoms with Gasteiger partial charge >= 0.3 is 0 Å². The number of nitrogen functional groups attached to an aromatic ring is 1. The van der Waals surface area contributed by atoms with Gasteiger partial charge in [0.1, 0.15) is 5.82 Å². The van der Waals surface area contributed by atoms with Crippen molar-refractivity contribution in [3.8, 4) is 0 Å². The van der Waals surface area contributed by atoms with Gasteiger partial charge < -0.3 is 11.5 Å². The Morgan fingerprint density at radius 2 is 2.07 bits per heavy atom. The molecule has 1 heterocycles. The van der Waals surface area contributed by atoms with Crippen molar-refractivity contribution < 1.29 is 0 Å². The summed E-state index contributed by atoms with van der Waals surface area (Å²) in [4.78, 5) is 0. The fourth-order valence-electron chi connectivity index (χ4n) is 2.25. The highest BCUT2D eigenvalue weighted by atomic mass is 15.3. The van der Waals surface area contributed by atoms with Gasteiger partial charge in [-0.25, -0.2) is 4.68 Å². The minimum atomic E-state index is 0.493. The Morgan fingerprint density at radius 3 is 2.57 bits per heavy atom. The van der Waals surface area contributed by atoms with Crippen LogP contribution in [-0.4, -0.2) is 16.3 Å². The third kappa shape index (κ3) is 1.75. The van der Waals surface area contributed by atoms with Crippen molar-refractivity contribution in [3.05, 3.63) is 12.3 Å². The van der Waals surface area contributed by atoms with Gasteiger partial charge in [-0.05, 0) is 44.2 Å². The fourth-order valence-corrected chi connectivity index (χ4v) is 2.25. The lowest BCUT2D eigenvalue weighted by Crippen LogP contribution is -2.24. The summed E-state index contributed by atoms with van der Waals surface area (Å²) in [5, 5.41) is 4.25. The lowest BCUT2D eigenvalue weighted by atomic mass is 9.86.